The Morgan fingerprint density at radius 2 is 1.94 bits per heavy atom. The van der Waals surface area contributed by atoms with Crippen LogP contribution < -0.4 is 0 Å². The Bertz CT molecular complexity index is 574. The largest absolute Gasteiger partial charge is 0.361 e. The second-order valence-electron chi connectivity index (χ2n) is 4.17. The van der Waals surface area contributed by atoms with E-state index in [4.69, 9.17) is 16.3 Å². The second kappa shape index (κ2) is 4.13. The summed E-state index contributed by atoms with van der Waals surface area (Å²) >= 11 is 6.34. The first-order valence-electron chi connectivity index (χ1n) is 5.53. The van der Waals surface area contributed by atoms with Gasteiger partial charge in [0.2, 0.25) is 0 Å². The van der Waals surface area contributed by atoms with E-state index in [-0.39, 0.29) is 12.4 Å². The Morgan fingerprint density at radius 3 is 2.65 bits per heavy atom. The summed E-state index contributed by atoms with van der Waals surface area (Å²) in [6.45, 7) is 0.193. The Morgan fingerprint density at radius 1 is 1.18 bits per heavy atom. The van der Waals surface area contributed by atoms with Crippen LogP contribution in [0.5, 0.6) is 0 Å². The fraction of sp³-hybridized carbons (Fsp3) is 0.214. The number of benzene rings is 2. The molecule has 1 aliphatic heterocycles. The number of ketones is 1. The molecule has 0 aromatic heterocycles. The third-order valence-electron chi connectivity index (χ3n) is 3.11. The Balaban J connectivity index is 2.07. The highest BCUT2D eigenvalue weighted by molar-refractivity contribution is 6.24. The SMILES string of the molecule is O=C1COC1[C@@H](Cl)c1cccc2ccccc12. The Labute approximate surface area is 104 Å². The van der Waals surface area contributed by atoms with Gasteiger partial charge in [0, 0.05) is 0 Å². The summed E-state index contributed by atoms with van der Waals surface area (Å²) in [5, 5.41) is 1.81. The van der Waals surface area contributed by atoms with Gasteiger partial charge in [-0.1, -0.05) is 42.5 Å². The van der Waals surface area contributed by atoms with Crippen LogP contribution in [0.3, 0.4) is 0 Å². The highest BCUT2D eigenvalue weighted by atomic mass is 35.5. The van der Waals surface area contributed by atoms with Crippen molar-refractivity contribution in [2.75, 3.05) is 6.61 Å². The number of hydrogen-bond donors (Lipinski definition) is 0. The quantitative estimate of drug-likeness (QED) is 0.762. The first-order chi connectivity index (χ1) is 8.27. The van der Waals surface area contributed by atoms with E-state index in [1.807, 2.05) is 42.5 Å². The molecule has 2 nitrogen and oxygen atoms in total. The predicted molar refractivity (Wildman–Crippen MR) is 67.3 cm³/mol. The van der Waals surface area contributed by atoms with Gasteiger partial charge in [-0.3, -0.25) is 4.79 Å². The Kier molecular flexibility index (Phi) is 2.61. The normalized spacial score (nSPS) is 21.2. The molecule has 0 spiro atoms. The molecule has 3 rings (SSSR count). The van der Waals surface area contributed by atoms with Gasteiger partial charge >= 0.3 is 0 Å². The lowest BCUT2D eigenvalue weighted by atomic mass is 9.96. The molecule has 0 bridgehead atoms. The number of hydrogen-bond acceptors (Lipinski definition) is 2. The van der Waals surface area contributed by atoms with Gasteiger partial charge in [0.05, 0.1) is 5.38 Å². The lowest BCUT2D eigenvalue weighted by Gasteiger charge is -2.29. The monoisotopic (exact) mass is 246 g/mol. The number of carbonyl (C=O) groups excluding carboxylic acids is 1. The minimum Gasteiger partial charge on any atom is -0.361 e. The number of ether oxygens (including phenoxy) is 1. The summed E-state index contributed by atoms with van der Waals surface area (Å²) in [5.41, 5.74) is 0.961. The van der Waals surface area contributed by atoms with Crippen LogP contribution in [0, 0.1) is 0 Å². The first-order valence-corrected chi connectivity index (χ1v) is 5.97. The lowest BCUT2D eigenvalue weighted by Crippen LogP contribution is -2.43. The molecule has 2 aromatic carbocycles. The molecule has 0 radical (unpaired) electrons. The van der Waals surface area contributed by atoms with Crippen LogP contribution in [-0.4, -0.2) is 18.5 Å². The van der Waals surface area contributed by atoms with Crippen molar-refractivity contribution in [1.82, 2.24) is 0 Å². The van der Waals surface area contributed by atoms with Gasteiger partial charge in [-0.2, -0.15) is 0 Å². The van der Waals surface area contributed by atoms with Gasteiger partial charge in [0.15, 0.2) is 5.78 Å². The average molecular weight is 247 g/mol. The molecule has 86 valence electrons. The third-order valence-corrected chi connectivity index (χ3v) is 3.57. The van der Waals surface area contributed by atoms with Gasteiger partial charge in [-0.15, -0.1) is 11.6 Å². The number of Topliss-reactive ketones (excluding diaryl/α,β-unsaturated/α-hetero) is 1. The number of carbonyl (C=O) groups is 1. The van der Waals surface area contributed by atoms with Crippen LogP contribution in [-0.2, 0) is 9.53 Å². The lowest BCUT2D eigenvalue weighted by molar-refractivity contribution is -0.154. The molecule has 0 amide bonds. The predicted octanol–water partition coefficient (Wildman–Crippen LogP) is 3.09. The van der Waals surface area contributed by atoms with Crippen LogP contribution >= 0.6 is 11.6 Å². The molecule has 1 saturated heterocycles. The molecule has 2 atom stereocenters. The molecule has 1 aliphatic rings. The maximum Gasteiger partial charge on any atom is 0.189 e. The topological polar surface area (TPSA) is 26.3 Å². The second-order valence-corrected chi connectivity index (χ2v) is 4.64. The molecule has 0 aliphatic carbocycles. The van der Waals surface area contributed by atoms with E-state index in [2.05, 4.69) is 0 Å². The zero-order valence-corrected chi connectivity index (χ0v) is 9.85. The zero-order valence-electron chi connectivity index (χ0n) is 9.10. The highest BCUT2D eigenvalue weighted by Gasteiger charge is 2.37. The van der Waals surface area contributed by atoms with Crippen molar-refractivity contribution in [3.05, 3.63) is 48.0 Å². The van der Waals surface area contributed by atoms with E-state index in [0.29, 0.717) is 0 Å². The number of fused-ring (bicyclic) bond motifs is 1. The van der Waals surface area contributed by atoms with Crippen LogP contribution in [0.1, 0.15) is 10.9 Å². The van der Waals surface area contributed by atoms with Crippen LogP contribution in [0.2, 0.25) is 0 Å². The summed E-state index contributed by atoms with van der Waals surface area (Å²) in [6.07, 6.45) is -0.484. The summed E-state index contributed by atoms with van der Waals surface area (Å²) in [5.74, 6) is 0.0814. The van der Waals surface area contributed by atoms with E-state index >= 15 is 0 Å². The third kappa shape index (κ3) is 1.74. The van der Waals surface area contributed by atoms with Crippen molar-refractivity contribution in [2.24, 2.45) is 0 Å². The van der Waals surface area contributed by atoms with Crippen molar-refractivity contribution in [1.29, 1.82) is 0 Å². The van der Waals surface area contributed by atoms with Crippen LogP contribution in [0.4, 0.5) is 0 Å². The van der Waals surface area contributed by atoms with Crippen LogP contribution in [0.15, 0.2) is 42.5 Å². The van der Waals surface area contributed by atoms with E-state index in [1.165, 1.54) is 0 Å². The minimum atomic E-state index is -0.484. The van der Waals surface area contributed by atoms with Gasteiger partial charge in [0.25, 0.3) is 0 Å². The summed E-state index contributed by atoms with van der Waals surface area (Å²) < 4.78 is 5.23. The standard InChI is InChI=1S/C14H11ClO2/c15-13(14-12(16)8-17-14)11-7-3-5-9-4-1-2-6-10(9)11/h1-7,13-14H,8H2/t13-,14?/m0/s1. The molecule has 3 heteroatoms. The van der Waals surface area contributed by atoms with Gasteiger partial charge in [-0.05, 0) is 16.3 Å². The summed E-state index contributed by atoms with van der Waals surface area (Å²) in [6, 6.07) is 13.9. The van der Waals surface area contributed by atoms with Crippen molar-refractivity contribution in [3.8, 4) is 0 Å². The smallest absolute Gasteiger partial charge is 0.189 e. The molecular weight excluding hydrogens is 236 g/mol. The number of alkyl halides is 1. The number of halogens is 1. The van der Waals surface area contributed by atoms with Gasteiger partial charge in [0.1, 0.15) is 12.7 Å². The summed E-state index contributed by atoms with van der Waals surface area (Å²) in [7, 11) is 0. The number of rotatable bonds is 2. The van der Waals surface area contributed by atoms with E-state index in [0.717, 1.165) is 16.3 Å². The molecule has 2 aromatic rings. The molecule has 17 heavy (non-hydrogen) atoms. The fourth-order valence-electron chi connectivity index (χ4n) is 2.15. The highest BCUT2D eigenvalue weighted by Crippen LogP contribution is 2.35. The van der Waals surface area contributed by atoms with E-state index < -0.39 is 11.5 Å². The van der Waals surface area contributed by atoms with E-state index in [1.54, 1.807) is 0 Å². The first kappa shape index (κ1) is 10.8. The van der Waals surface area contributed by atoms with Crippen molar-refractivity contribution >= 4 is 28.2 Å². The zero-order chi connectivity index (χ0) is 11.8. The van der Waals surface area contributed by atoms with Gasteiger partial charge in [-0.25, -0.2) is 0 Å². The maximum atomic E-state index is 11.4. The average Bonchev–Trinajstić information content (AvgIpc) is 2.36. The van der Waals surface area contributed by atoms with Crippen molar-refractivity contribution < 1.29 is 9.53 Å². The van der Waals surface area contributed by atoms with E-state index in [9.17, 15) is 4.79 Å². The fourth-order valence-corrected chi connectivity index (χ4v) is 2.55. The minimum absolute atomic E-state index is 0.0814. The molecule has 1 heterocycles. The molecule has 1 fully saturated rings. The summed E-state index contributed by atoms with van der Waals surface area (Å²) in [4.78, 5) is 11.4. The van der Waals surface area contributed by atoms with Crippen LogP contribution in [0.25, 0.3) is 10.8 Å². The van der Waals surface area contributed by atoms with Crippen molar-refractivity contribution in [2.45, 2.75) is 11.5 Å². The van der Waals surface area contributed by atoms with Crippen molar-refractivity contribution in [3.63, 3.8) is 0 Å². The molecule has 0 N–H and O–H groups in total. The molecular formula is C14H11ClO2. The Hall–Kier alpha value is -1.38. The van der Waals surface area contributed by atoms with Gasteiger partial charge < -0.3 is 4.74 Å². The molecule has 1 unspecified atom stereocenters. The maximum absolute atomic E-state index is 11.4. The molecule has 0 saturated carbocycles.